The molecule has 6 nitrogen and oxygen atoms in total. The second-order valence-corrected chi connectivity index (χ2v) is 7.35. The fraction of sp³-hybridized carbons (Fsp3) is 0.190. The maximum absolute atomic E-state index is 11.2. The number of rotatable bonds is 6. The SMILES string of the molecule is Cc1nc(/C=C/c2ccc(CC(O)c3ccccc3Br)cc2)c([N+](=O)[O-])n1C. The van der Waals surface area contributed by atoms with Gasteiger partial charge in [0.15, 0.2) is 11.5 Å². The molecule has 0 aliphatic heterocycles. The summed E-state index contributed by atoms with van der Waals surface area (Å²) >= 11 is 3.46. The van der Waals surface area contributed by atoms with Gasteiger partial charge in [-0.3, -0.25) is 0 Å². The van der Waals surface area contributed by atoms with Gasteiger partial charge in [-0.2, -0.15) is 0 Å². The Labute approximate surface area is 171 Å². The molecule has 0 radical (unpaired) electrons. The molecular formula is C21H20BrN3O3. The highest BCUT2D eigenvalue weighted by atomic mass is 79.9. The first-order valence-electron chi connectivity index (χ1n) is 8.74. The van der Waals surface area contributed by atoms with Gasteiger partial charge in [0, 0.05) is 17.8 Å². The maximum atomic E-state index is 11.2. The van der Waals surface area contributed by atoms with Crippen molar-refractivity contribution in [2.24, 2.45) is 7.05 Å². The molecule has 1 unspecified atom stereocenters. The van der Waals surface area contributed by atoms with Crippen molar-refractivity contribution < 1.29 is 10.0 Å². The molecule has 7 heteroatoms. The first-order chi connectivity index (χ1) is 13.4. The van der Waals surface area contributed by atoms with Crippen molar-refractivity contribution in [1.82, 2.24) is 9.55 Å². The number of aliphatic hydroxyl groups is 1. The van der Waals surface area contributed by atoms with Gasteiger partial charge in [0.25, 0.3) is 0 Å². The molecule has 1 atom stereocenters. The van der Waals surface area contributed by atoms with Crippen LogP contribution in [0, 0.1) is 17.0 Å². The maximum Gasteiger partial charge on any atom is 0.350 e. The zero-order valence-corrected chi connectivity index (χ0v) is 17.1. The molecule has 0 aliphatic carbocycles. The van der Waals surface area contributed by atoms with E-state index >= 15 is 0 Å². The number of hydrogen-bond acceptors (Lipinski definition) is 4. The predicted octanol–water partition coefficient (Wildman–Crippen LogP) is 4.85. The quantitative estimate of drug-likeness (QED) is 0.437. The van der Waals surface area contributed by atoms with Crippen molar-refractivity contribution in [2.75, 3.05) is 0 Å². The standard InChI is InChI=1S/C21H20BrN3O3/c1-14-23-19(21(24(14)2)25(27)28)12-11-15-7-9-16(10-8-15)13-20(26)17-5-3-4-6-18(17)22/h3-12,20,26H,13H2,1-2H3/b12-11+. The molecule has 1 N–H and O–H groups in total. The van der Waals surface area contributed by atoms with E-state index in [1.54, 1.807) is 26.1 Å². The molecule has 3 rings (SSSR count). The second kappa shape index (κ2) is 8.50. The molecule has 28 heavy (non-hydrogen) atoms. The van der Waals surface area contributed by atoms with Crippen LogP contribution in [0.1, 0.15) is 34.3 Å². The zero-order valence-electron chi connectivity index (χ0n) is 15.5. The lowest BCUT2D eigenvalue weighted by molar-refractivity contribution is -0.392. The molecular weight excluding hydrogens is 422 g/mol. The molecule has 0 spiro atoms. The van der Waals surface area contributed by atoms with Crippen LogP contribution in [0.2, 0.25) is 0 Å². The molecule has 0 bridgehead atoms. The average molecular weight is 442 g/mol. The number of nitro groups is 1. The van der Waals surface area contributed by atoms with Crippen molar-refractivity contribution in [2.45, 2.75) is 19.4 Å². The molecule has 3 aromatic rings. The topological polar surface area (TPSA) is 81.2 Å². The van der Waals surface area contributed by atoms with E-state index < -0.39 is 11.0 Å². The predicted molar refractivity (Wildman–Crippen MR) is 113 cm³/mol. The minimum absolute atomic E-state index is 0.0260. The third-order valence-electron chi connectivity index (χ3n) is 4.59. The van der Waals surface area contributed by atoms with E-state index in [1.807, 2.05) is 48.5 Å². The summed E-state index contributed by atoms with van der Waals surface area (Å²) in [4.78, 5) is 15.1. The van der Waals surface area contributed by atoms with Crippen LogP contribution in [0.4, 0.5) is 5.82 Å². The van der Waals surface area contributed by atoms with Gasteiger partial charge >= 0.3 is 5.82 Å². The van der Waals surface area contributed by atoms with Gasteiger partial charge in [-0.05, 0) is 33.8 Å². The number of nitrogens with zero attached hydrogens (tertiary/aromatic N) is 3. The summed E-state index contributed by atoms with van der Waals surface area (Å²) in [7, 11) is 1.63. The number of aromatic nitrogens is 2. The van der Waals surface area contributed by atoms with Crippen LogP contribution in [-0.2, 0) is 13.5 Å². The van der Waals surface area contributed by atoms with Crippen LogP contribution in [0.5, 0.6) is 0 Å². The second-order valence-electron chi connectivity index (χ2n) is 6.50. The Balaban J connectivity index is 1.73. The van der Waals surface area contributed by atoms with Gasteiger partial charge in [0.2, 0.25) is 0 Å². The molecule has 0 fully saturated rings. The first kappa shape index (κ1) is 20.0. The van der Waals surface area contributed by atoms with E-state index in [0.29, 0.717) is 17.9 Å². The lowest BCUT2D eigenvalue weighted by Crippen LogP contribution is -2.02. The van der Waals surface area contributed by atoms with Crippen molar-refractivity contribution in [3.05, 3.63) is 91.3 Å². The molecule has 0 amide bonds. The fourth-order valence-electron chi connectivity index (χ4n) is 2.97. The van der Waals surface area contributed by atoms with Gasteiger partial charge in [-0.1, -0.05) is 64.5 Å². The summed E-state index contributed by atoms with van der Waals surface area (Å²) in [5.74, 6) is 0.560. The highest BCUT2D eigenvalue weighted by Crippen LogP contribution is 2.26. The Kier molecular flexibility index (Phi) is 6.06. The van der Waals surface area contributed by atoms with E-state index in [9.17, 15) is 15.2 Å². The number of aliphatic hydroxyl groups excluding tert-OH is 1. The van der Waals surface area contributed by atoms with Crippen molar-refractivity contribution in [3.8, 4) is 0 Å². The largest absolute Gasteiger partial charge is 0.388 e. The van der Waals surface area contributed by atoms with Crippen molar-refractivity contribution in [1.29, 1.82) is 0 Å². The van der Waals surface area contributed by atoms with Crippen LogP contribution < -0.4 is 0 Å². The highest BCUT2D eigenvalue weighted by molar-refractivity contribution is 9.10. The molecule has 1 heterocycles. The lowest BCUT2D eigenvalue weighted by atomic mass is 10.0. The summed E-state index contributed by atoms with van der Waals surface area (Å²) in [6.07, 6.45) is 3.34. The molecule has 2 aromatic carbocycles. The summed E-state index contributed by atoms with van der Waals surface area (Å²) in [5.41, 5.74) is 3.08. The van der Waals surface area contributed by atoms with Crippen LogP contribution in [0.25, 0.3) is 12.2 Å². The summed E-state index contributed by atoms with van der Waals surface area (Å²) in [5, 5.41) is 21.7. The zero-order chi connectivity index (χ0) is 20.3. The molecule has 0 aliphatic rings. The van der Waals surface area contributed by atoms with Crippen LogP contribution >= 0.6 is 15.9 Å². The van der Waals surface area contributed by atoms with Gasteiger partial charge in [-0.25, -0.2) is 9.55 Å². The summed E-state index contributed by atoms with van der Waals surface area (Å²) in [6.45, 7) is 1.73. The van der Waals surface area contributed by atoms with Gasteiger partial charge < -0.3 is 15.2 Å². The van der Waals surface area contributed by atoms with E-state index in [2.05, 4.69) is 20.9 Å². The summed E-state index contributed by atoms with van der Waals surface area (Å²) in [6, 6.07) is 15.3. The minimum Gasteiger partial charge on any atom is -0.388 e. The van der Waals surface area contributed by atoms with Crippen LogP contribution in [0.3, 0.4) is 0 Å². The van der Waals surface area contributed by atoms with E-state index in [1.165, 1.54) is 4.57 Å². The number of imidazole rings is 1. The Bertz CT molecular complexity index is 1030. The van der Waals surface area contributed by atoms with E-state index in [-0.39, 0.29) is 5.82 Å². The third kappa shape index (κ3) is 4.37. The Morgan fingerprint density at radius 3 is 2.54 bits per heavy atom. The van der Waals surface area contributed by atoms with E-state index in [0.717, 1.165) is 21.2 Å². The molecule has 0 saturated carbocycles. The number of aryl methyl sites for hydroxylation is 1. The average Bonchev–Trinajstić information content (AvgIpc) is 2.95. The highest BCUT2D eigenvalue weighted by Gasteiger charge is 2.20. The monoisotopic (exact) mass is 441 g/mol. The fourth-order valence-corrected chi connectivity index (χ4v) is 3.52. The minimum atomic E-state index is -0.601. The lowest BCUT2D eigenvalue weighted by Gasteiger charge is -2.13. The van der Waals surface area contributed by atoms with Crippen molar-refractivity contribution in [3.63, 3.8) is 0 Å². The van der Waals surface area contributed by atoms with Crippen LogP contribution in [0.15, 0.2) is 53.0 Å². The normalized spacial score (nSPS) is 12.4. The number of halogens is 1. The molecule has 1 aromatic heterocycles. The molecule has 0 saturated heterocycles. The van der Waals surface area contributed by atoms with Crippen molar-refractivity contribution >= 4 is 33.9 Å². The number of hydrogen-bond donors (Lipinski definition) is 1. The van der Waals surface area contributed by atoms with Gasteiger partial charge in [0.05, 0.1) is 13.2 Å². The Morgan fingerprint density at radius 2 is 1.89 bits per heavy atom. The summed E-state index contributed by atoms with van der Waals surface area (Å²) < 4.78 is 2.35. The Morgan fingerprint density at radius 1 is 1.21 bits per heavy atom. The van der Waals surface area contributed by atoms with E-state index in [4.69, 9.17) is 0 Å². The molecule has 144 valence electrons. The smallest absolute Gasteiger partial charge is 0.350 e. The first-order valence-corrected chi connectivity index (χ1v) is 9.53. The van der Waals surface area contributed by atoms with Gasteiger partial charge in [0.1, 0.15) is 0 Å². The van der Waals surface area contributed by atoms with Gasteiger partial charge in [-0.15, -0.1) is 0 Å². The number of benzene rings is 2. The third-order valence-corrected chi connectivity index (χ3v) is 5.32. The Hall–Kier alpha value is -2.77. The van der Waals surface area contributed by atoms with Crippen LogP contribution in [-0.4, -0.2) is 19.6 Å².